The number of carbonyl (C=O) groups is 3. The van der Waals surface area contributed by atoms with E-state index in [0.717, 1.165) is 11.8 Å². The lowest BCUT2D eigenvalue weighted by molar-refractivity contribution is -0.203. The Morgan fingerprint density at radius 2 is 1.41 bits per heavy atom. The minimum absolute atomic E-state index is 0.0201. The predicted octanol–water partition coefficient (Wildman–Crippen LogP) is 3.19. The highest BCUT2D eigenvalue weighted by molar-refractivity contribution is 5.86. The predicted molar refractivity (Wildman–Crippen MR) is 97.5 cm³/mol. The third-order valence-electron chi connectivity index (χ3n) is 6.55. The van der Waals surface area contributed by atoms with Gasteiger partial charge in [0.15, 0.2) is 0 Å². The van der Waals surface area contributed by atoms with Crippen molar-refractivity contribution in [3.05, 3.63) is 12.2 Å². The Morgan fingerprint density at radius 1 is 0.889 bits per heavy atom. The van der Waals surface area contributed by atoms with E-state index in [-0.39, 0.29) is 37.6 Å². The molecule has 0 N–H and O–H groups in total. The molecule has 0 aromatic rings. The van der Waals surface area contributed by atoms with Crippen molar-refractivity contribution in [1.82, 2.24) is 0 Å². The molecule has 6 heteroatoms. The molecule has 150 valence electrons. The minimum Gasteiger partial charge on any atom is -0.462 e. The van der Waals surface area contributed by atoms with E-state index in [0.29, 0.717) is 17.4 Å². The van der Waals surface area contributed by atoms with Gasteiger partial charge >= 0.3 is 17.9 Å². The highest BCUT2D eigenvalue weighted by Gasteiger charge is 2.56. The van der Waals surface area contributed by atoms with Crippen molar-refractivity contribution >= 4 is 17.9 Å². The Morgan fingerprint density at radius 3 is 1.96 bits per heavy atom. The summed E-state index contributed by atoms with van der Waals surface area (Å²) < 4.78 is 15.7. The number of hydrogen-bond acceptors (Lipinski definition) is 6. The first-order valence-electron chi connectivity index (χ1n) is 9.98. The van der Waals surface area contributed by atoms with E-state index in [1.165, 1.54) is 32.1 Å². The van der Waals surface area contributed by atoms with Gasteiger partial charge in [-0.25, -0.2) is 4.79 Å². The highest BCUT2D eigenvalue weighted by Crippen LogP contribution is 2.59. The van der Waals surface area contributed by atoms with Gasteiger partial charge in [-0.15, -0.1) is 0 Å². The summed E-state index contributed by atoms with van der Waals surface area (Å²) in [6.45, 7) is 7.05. The normalized spacial score (nSPS) is 33.4. The van der Waals surface area contributed by atoms with E-state index in [1.54, 1.807) is 6.92 Å². The van der Waals surface area contributed by atoms with Crippen LogP contribution in [-0.4, -0.2) is 36.7 Å². The van der Waals surface area contributed by atoms with Crippen LogP contribution in [0.3, 0.4) is 0 Å². The van der Waals surface area contributed by atoms with Crippen LogP contribution in [0.15, 0.2) is 12.2 Å². The van der Waals surface area contributed by atoms with Crippen LogP contribution < -0.4 is 0 Å². The van der Waals surface area contributed by atoms with Crippen molar-refractivity contribution in [2.24, 2.45) is 23.7 Å². The number of esters is 3. The molecule has 4 bridgehead atoms. The van der Waals surface area contributed by atoms with E-state index >= 15 is 0 Å². The lowest BCUT2D eigenvalue weighted by atomic mass is 9.50. The Labute approximate surface area is 160 Å². The van der Waals surface area contributed by atoms with Crippen LogP contribution in [0.4, 0.5) is 0 Å². The average molecular weight is 378 g/mol. The van der Waals surface area contributed by atoms with Crippen LogP contribution in [0.2, 0.25) is 0 Å². The Bertz CT molecular complexity index is 594. The maximum atomic E-state index is 12.3. The third-order valence-corrected chi connectivity index (χ3v) is 6.55. The van der Waals surface area contributed by atoms with Crippen LogP contribution in [0, 0.1) is 23.7 Å². The molecule has 0 heterocycles. The van der Waals surface area contributed by atoms with Gasteiger partial charge in [-0.05, 0) is 69.6 Å². The average Bonchev–Trinajstić information content (AvgIpc) is 2.61. The summed E-state index contributed by atoms with van der Waals surface area (Å²) in [4.78, 5) is 35.3. The van der Waals surface area contributed by atoms with E-state index < -0.39 is 11.9 Å². The maximum absolute atomic E-state index is 12.3. The number of rotatable bonds is 8. The first-order chi connectivity index (χ1) is 12.8. The van der Waals surface area contributed by atoms with Gasteiger partial charge in [-0.1, -0.05) is 6.58 Å². The van der Waals surface area contributed by atoms with Crippen molar-refractivity contribution in [2.75, 3.05) is 13.2 Å². The third kappa shape index (κ3) is 4.53. The molecular weight excluding hydrogens is 348 g/mol. The van der Waals surface area contributed by atoms with E-state index in [2.05, 4.69) is 13.5 Å². The fourth-order valence-electron chi connectivity index (χ4n) is 5.27. The Kier molecular flexibility index (Phi) is 5.92. The molecule has 4 rings (SSSR count). The van der Waals surface area contributed by atoms with Gasteiger partial charge in [0.05, 0.1) is 12.8 Å². The van der Waals surface area contributed by atoms with Gasteiger partial charge in [-0.2, -0.15) is 0 Å². The first-order valence-corrected chi connectivity index (χ1v) is 9.98. The second-order valence-electron chi connectivity index (χ2n) is 8.60. The summed E-state index contributed by atoms with van der Waals surface area (Å²) in [5.74, 6) is 1.23. The number of carbonyl (C=O) groups excluding carboxylic acids is 3. The van der Waals surface area contributed by atoms with E-state index in [4.69, 9.17) is 14.2 Å². The SMILES string of the molecule is C=C(C)C(=O)OCCOC(=O)CCC(=O)OC1(C)C2CC3CC(C2)CC1C3. The van der Waals surface area contributed by atoms with Gasteiger partial charge in [0.2, 0.25) is 0 Å². The van der Waals surface area contributed by atoms with Crippen molar-refractivity contribution in [3.63, 3.8) is 0 Å². The van der Waals surface area contributed by atoms with Gasteiger partial charge in [0, 0.05) is 5.57 Å². The maximum Gasteiger partial charge on any atom is 0.333 e. The zero-order valence-electron chi connectivity index (χ0n) is 16.3. The first kappa shape index (κ1) is 19.9. The molecule has 0 amide bonds. The molecule has 0 saturated heterocycles. The van der Waals surface area contributed by atoms with Crippen molar-refractivity contribution in [2.45, 2.75) is 64.4 Å². The monoisotopic (exact) mass is 378 g/mol. The van der Waals surface area contributed by atoms with E-state index in [1.807, 2.05) is 0 Å². The van der Waals surface area contributed by atoms with E-state index in [9.17, 15) is 14.4 Å². The van der Waals surface area contributed by atoms with Crippen molar-refractivity contribution in [1.29, 1.82) is 0 Å². The summed E-state index contributed by atoms with van der Waals surface area (Å²) in [5.41, 5.74) is -0.0760. The van der Waals surface area contributed by atoms with Crippen LogP contribution >= 0.6 is 0 Å². The van der Waals surface area contributed by atoms with Crippen molar-refractivity contribution < 1.29 is 28.6 Å². The fraction of sp³-hybridized carbons (Fsp3) is 0.762. The molecule has 0 unspecified atom stereocenters. The molecule has 0 spiro atoms. The Hall–Kier alpha value is -1.85. The second kappa shape index (κ2) is 8.03. The van der Waals surface area contributed by atoms with Gasteiger partial charge in [0.1, 0.15) is 18.8 Å². The Balaban J connectivity index is 1.36. The molecular formula is C21H30O6. The van der Waals surface area contributed by atoms with Gasteiger partial charge in [0.25, 0.3) is 0 Å². The molecule has 0 atom stereocenters. The van der Waals surface area contributed by atoms with Crippen molar-refractivity contribution in [3.8, 4) is 0 Å². The lowest BCUT2D eigenvalue weighted by Crippen LogP contribution is -2.58. The summed E-state index contributed by atoms with van der Waals surface area (Å²) >= 11 is 0. The molecule has 27 heavy (non-hydrogen) atoms. The zero-order valence-corrected chi connectivity index (χ0v) is 16.3. The zero-order chi connectivity index (χ0) is 19.6. The van der Waals surface area contributed by atoms with Crippen LogP contribution in [-0.2, 0) is 28.6 Å². The quantitative estimate of drug-likeness (QED) is 0.279. The topological polar surface area (TPSA) is 78.9 Å². The fourth-order valence-corrected chi connectivity index (χ4v) is 5.27. The number of hydrogen-bond donors (Lipinski definition) is 0. The molecule has 4 aliphatic rings. The molecule has 0 aromatic carbocycles. The molecule has 0 radical (unpaired) electrons. The summed E-state index contributed by atoms with van der Waals surface area (Å²) in [7, 11) is 0. The van der Waals surface area contributed by atoms with Gasteiger partial charge < -0.3 is 14.2 Å². The summed E-state index contributed by atoms with van der Waals surface area (Å²) in [6, 6.07) is 0. The summed E-state index contributed by atoms with van der Waals surface area (Å²) in [5, 5.41) is 0. The van der Waals surface area contributed by atoms with Crippen LogP contribution in [0.5, 0.6) is 0 Å². The molecule has 6 nitrogen and oxygen atoms in total. The highest BCUT2D eigenvalue weighted by atomic mass is 16.6. The second-order valence-corrected chi connectivity index (χ2v) is 8.60. The van der Waals surface area contributed by atoms with Gasteiger partial charge in [-0.3, -0.25) is 9.59 Å². The lowest BCUT2D eigenvalue weighted by Gasteiger charge is -2.59. The minimum atomic E-state index is -0.515. The molecule has 4 aliphatic carbocycles. The smallest absolute Gasteiger partial charge is 0.333 e. The van der Waals surface area contributed by atoms with Crippen LogP contribution in [0.1, 0.15) is 58.8 Å². The standard InChI is InChI=1S/C21H30O6/c1-13(2)20(24)26-7-6-25-18(22)4-5-19(23)27-21(3)16-9-14-8-15(11-16)12-17(21)10-14/h14-17H,1,4-12H2,2-3H3. The van der Waals surface area contributed by atoms with Crippen LogP contribution in [0.25, 0.3) is 0 Å². The molecule has 0 aromatic heterocycles. The largest absolute Gasteiger partial charge is 0.462 e. The molecule has 0 aliphatic heterocycles. The number of ether oxygens (including phenoxy) is 3. The molecule has 4 saturated carbocycles. The molecule has 4 fully saturated rings. The summed E-state index contributed by atoms with van der Waals surface area (Å²) in [6.07, 6.45) is 6.02.